The van der Waals surface area contributed by atoms with E-state index in [0.717, 1.165) is 11.8 Å². The second-order valence-corrected chi connectivity index (χ2v) is 3.52. The molecule has 0 spiro atoms. The van der Waals surface area contributed by atoms with Gasteiger partial charge in [0.1, 0.15) is 11.9 Å². The molecule has 0 aliphatic heterocycles. The Morgan fingerprint density at radius 1 is 1.47 bits per heavy atom. The van der Waals surface area contributed by atoms with Crippen molar-refractivity contribution in [1.29, 1.82) is 0 Å². The van der Waals surface area contributed by atoms with Crippen LogP contribution in [0.1, 0.15) is 23.0 Å². The van der Waals surface area contributed by atoms with Crippen LogP contribution in [-0.2, 0) is 16.0 Å². The summed E-state index contributed by atoms with van der Waals surface area (Å²) in [7, 11) is 0. The normalized spacial score (nSPS) is 10.4. The number of hydrogen-bond acceptors (Lipinski definition) is 4. The zero-order valence-corrected chi connectivity index (χ0v) is 9.42. The minimum absolute atomic E-state index is 0.273. The van der Waals surface area contributed by atoms with Gasteiger partial charge in [0, 0.05) is 18.8 Å². The fraction of sp³-hybridized carbons (Fsp3) is 0.250. The summed E-state index contributed by atoms with van der Waals surface area (Å²) in [5, 5.41) is 0. The van der Waals surface area contributed by atoms with E-state index in [1.807, 2.05) is 6.07 Å². The molecule has 0 saturated heterocycles. The molecule has 0 aromatic carbocycles. The van der Waals surface area contributed by atoms with Gasteiger partial charge in [-0.1, -0.05) is 6.07 Å². The van der Waals surface area contributed by atoms with Crippen LogP contribution in [-0.4, -0.2) is 28.2 Å². The number of carbonyl (C=O) groups is 2. The van der Waals surface area contributed by atoms with E-state index in [-0.39, 0.29) is 5.69 Å². The SMILES string of the molecule is CCOC(=O)c1cn2cc(CC=O)ccc2n1. The third-order valence-electron chi connectivity index (χ3n) is 2.32. The van der Waals surface area contributed by atoms with Gasteiger partial charge in [0.25, 0.3) is 0 Å². The molecule has 0 N–H and O–H groups in total. The van der Waals surface area contributed by atoms with Gasteiger partial charge < -0.3 is 13.9 Å². The zero-order chi connectivity index (χ0) is 12.3. The number of hydrogen-bond donors (Lipinski definition) is 0. The molecule has 0 saturated carbocycles. The van der Waals surface area contributed by atoms with Crippen molar-refractivity contribution >= 4 is 17.9 Å². The summed E-state index contributed by atoms with van der Waals surface area (Å²) in [5.74, 6) is -0.437. The highest BCUT2D eigenvalue weighted by molar-refractivity contribution is 5.87. The van der Waals surface area contributed by atoms with Crippen molar-refractivity contribution in [2.75, 3.05) is 6.61 Å². The minimum atomic E-state index is -0.437. The number of pyridine rings is 1. The zero-order valence-electron chi connectivity index (χ0n) is 9.42. The lowest BCUT2D eigenvalue weighted by Gasteiger charge is -1.96. The standard InChI is InChI=1S/C12H12N2O3/c1-2-17-12(16)10-8-14-7-9(5-6-15)3-4-11(14)13-10/h3-4,6-8H,2,5H2,1H3. The Balaban J connectivity index is 2.36. The van der Waals surface area contributed by atoms with Gasteiger partial charge >= 0.3 is 5.97 Å². The maximum atomic E-state index is 11.5. The Hall–Kier alpha value is -2.17. The van der Waals surface area contributed by atoms with Crippen molar-refractivity contribution in [2.45, 2.75) is 13.3 Å². The molecule has 0 aliphatic rings. The van der Waals surface area contributed by atoms with Crippen molar-refractivity contribution in [1.82, 2.24) is 9.38 Å². The topological polar surface area (TPSA) is 60.7 Å². The number of aromatic nitrogens is 2. The smallest absolute Gasteiger partial charge is 0.358 e. The van der Waals surface area contributed by atoms with Gasteiger partial charge in [-0.2, -0.15) is 0 Å². The van der Waals surface area contributed by atoms with E-state index in [4.69, 9.17) is 4.74 Å². The van der Waals surface area contributed by atoms with Crippen LogP contribution in [0.15, 0.2) is 24.5 Å². The molecule has 88 valence electrons. The first-order chi connectivity index (χ1) is 8.24. The molecule has 2 aromatic heterocycles. The summed E-state index contributed by atoms with van der Waals surface area (Å²) in [6.07, 6.45) is 4.56. The predicted octanol–water partition coefficient (Wildman–Crippen LogP) is 1.25. The molecule has 5 nitrogen and oxygen atoms in total. The van der Waals surface area contributed by atoms with E-state index in [0.29, 0.717) is 18.7 Å². The molecular formula is C12H12N2O3. The van der Waals surface area contributed by atoms with Gasteiger partial charge in [0.2, 0.25) is 0 Å². The molecule has 0 fully saturated rings. The molecule has 17 heavy (non-hydrogen) atoms. The summed E-state index contributed by atoms with van der Waals surface area (Å²) in [6.45, 7) is 2.07. The first-order valence-corrected chi connectivity index (χ1v) is 5.33. The number of aldehydes is 1. The molecule has 2 rings (SSSR count). The van der Waals surface area contributed by atoms with Crippen LogP contribution in [0.5, 0.6) is 0 Å². The average molecular weight is 232 g/mol. The molecular weight excluding hydrogens is 220 g/mol. The van der Waals surface area contributed by atoms with Gasteiger partial charge in [-0.25, -0.2) is 9.78 Å². The highest BCUT2D eigenvalue weighted by Crippen LogP contribution is 2.09. The molecule has 0 amide bonds. The van der Waals surface area contributed by atoms with E-state index in [1.54, 1.807) is 29.8 Å². The van der Waals surface area contributed by atoms with Crippen molar-refractivity contribution in [3.63, 3.8) is 0 Å². The summed E-state index contributed by atoms with van der Waals surface area (Å²) in [6, 6.07) is 3.58. The van der Waals surface area contributed by atoms with Gasteiger partial charge in [-0.05, 0) is 18.6 Å². The van der Waals surface area contributed by atoms with Crippen LogP contribution in [0, 0.1) is 0 Å². The van der Waals surface area contributed by atoms with Crippen LogP contribution >= 0.6 is 0 Å². The van der Waals surface area contributed by atoms with E-state index >= 15 is 0 Å². The number of esters is 1. The third-order valence-corrected chi connectivity index (χ3v) is 2.32. The molecule has 0 unspecified atom stereocenters. The highest BCUT2D eigenvalue weighted by atomic mass is 16.5. The van der Waals surface area contributed by atoms with Gasteiger partial charge in [-0.3, -0.25) is 0 Å². The first kappa shape index (κ1) is 11.3. The third kappa shape index (κ3) is 2.33. The average Bonchev–Trinajstić information content (AvgIpc) is 2.73. The van der Waals surface area contributed by atoms with E-state index in [1.165, 1.54) is 0 Å². The number of rotatable bonds is 4. The maximum absolute atomic E-state index is 11.5. The lowest BCUT2D eigenvalue weighted by atomic mass is 10.2. The Bertz CT molecular complexity index is 560. The van der Waals surface area contributed by atoms with Crippen molar-refractivity contribution in [3.05, 3.63) is 35.8 Å². The molecule has 0 radical (unpaired) electrons. The lowest BCUT2D eigenvalue weighted by molar-refractivity contribution is -0.107. The summed E-state index contributed by atoms with van der Waals surface area (Å²) < 4.78 is 6.58. The Morgan fingerprint density at radius 2 is 2.29 bits per heavy atom. The molecule has 2 heterocycles. The first-order valence-electron chi connectivity index (χ1n) is 5.33. The van der Waals surface area contributed by atoms with Crippen LogP contribution in [0.25, 0.3) is 5.65 Å². The monoisotopic (exact) mass is 232 g/mol. The highest BCUT2D eigenvalue weighted by Gasteiger charge is 2.11. The van der Waals surface area contributed by atoms with Crippen LogP contribution in [0.3, 0.4) is 0 Å². The Labute approximate surface area is 98.0 Å². The lowest BCUT2D eigenvalue weighted by Crippen LogP contribution is -2.04. The van der Waals surface area contributed by atoms with E-state index < -0.39 is 5.97 Å². The predicted molar refractivity (Wildman–Crippen MR) is 60.9 cm³/mol. The van der Waals surface area contributed by atoms with Crippen molar-refractivity contribution < 1.29 is 14.3 Å². The molecule has 0 atom stereocenters. The maximum Gasteiger partial charge on any atom is 0.358 e. The number of carbonyl (C=O) groups excluding carboxylic acids is 2. The quantitative estimate of drug-likeness (QED) is 0.588. The molecule has 2 aromatic rings. The summed E-state index contributed by atoms with van der Waals surface area (Å²) >= 11 is 0. The number of ether oxygens (including phenoxy) is 1. The Morgan fingerprint density at radius 3 is 3.00 bits per heavy atom. The fourth-order valence-electron chi connectivity index (χ4n) is 1.56. The van der Waals surface area contributed by atoms with Gasteiger partial charge in [0.05, 0.1) is 6.61 Å². The molecule has 0 bridgehead atoms. The van der Waals surface area contributed by atoms with Crippen molar-refractivity contribution in [2.24, 2.45) is 0 Å². The second-order valence-electron chi connectivity index (χ2n) is 3.52. The summed E-state index contributed by atoms with van der Waals surface area (Å²) in [5.41, 5.74) is 1.80. The van der Waals surface area contributed by atoms with Crippen LogP contribution < -0.4 is 0 Å². The van der Waals surface area contributed by atoms with Crippen LogP contribution in [0.2, 0.25) is 0 Å². The second kappa shape index (κ2) is 4.78. The number of fused-ring (bicyclic) bond motifs is 1. The van der Waals surface area contributed by atoms with Crippen LogP contribution in [0.4, 0.5) is 0 Å². The largest absolute Gasteiger partial charge is 0.461 e. The van der Waals surface area contributed by atoms with E-state index in [2.05, 4.69) is 4.98 Å². The van der Waals surface area contributed by atoms with E-state index in [9.17, 15) is 9.59 Å². The number of imidazole rings is 1. The molecule has 5 heteroatoms. The van der Waals surface area contributed by atoms with Crippen molar-refractivity contribution in [3.8, 4) is 0 Å². The van der Waals surface area contributed by atoms with Gasteiger partial charge in [-0.15, -0.1) is 0 Å². The van der Waals surface area contributed by atoms with Gasteiger partial charge in [0.15, 0.2) is 5.69 Å². The summed E-state index contributed by atoms with van der Waals surface area (Å²) in [4.78, 5) is 26.0. The minimum Gasteiger partial charge on any atom is -0.461 e. The Kier molecular flexibility index (Phi) is 3.18. The fourth-order valence-corrected chi connectivity index (χ4v) is 1.56. The molecule has 0 aliphatic carbocycles. The number of nitrogens with zero attached hydrogens (tertiary/aromatic N) is 2.